The van der Waals surface area contributed by atoms with Gasteiger partial charge < -0.3 is 5.11 Å². The van der Waals surface area contributed by atoms with Crippen LogP contribution in [0.15, 0.2) is 60.7 Å². The van der Waals surface area contributed by atoms with Gasteiger partial charge in [0, 0.05) is 13.1 Å². The van der Waals surface area contributed by atoms with Crippen LogP contribution in [0, 0.1) is 0 Å². The van der Waals surface area contributed by atoms with Crippen LogP contribution in [0.2, 0.25) is 0 Å². The van der Waals surface area contributed by atoms with Crippen molar-refractivity contribution in [2.75, 3.05) is 13.1 Å². The second kappa shape index (κ2) is 9.37. The summed E-state index contributed by atoms with van der Waals surface area (Å²) >= 11 is 0. The molecule has 1 N–H and O–H groups in total. The van der Waals surface area contributed by atoms with Crippen molar-refractivity contribution < 1.29 is 18.3 Å². The van der Waals surface area contributed by atoms with Crippen molar-refractivity contribution in [2.45, 2.75) is 37.9 Å². The molecule has 3 rings (SSSR count). The predicted octanol–water partition coefficient (Wildman–Crippen LogP) is 4.42. The lowest BCUT2D eigenvalue weighted by molar-refractivity contribution is -0.136. The second-order valence-electron chi connectivity index (χ2n) is 7.29. The minimum Gasteiger partial charge on any atom is -0.480 e. The molecular formula is C23H27NO4S. The van der Waals surface area contributed by atoms with Crippen LogP contribution in [0.1, 0.15) is 38.2 Å². The number of carboxylic acid groups (broad SMARTS) is 1. The molecule has 0 saturated heterocycles. The standard InChI is InChI=1S/C23H27NO4S/c1-2-3-9-22(23(25)26)29(27,28)24-16-14-21(15-17-24)20-12-10-19(11-13-20)18-7-5-4-6-8-18/h4-8,10-14,22H,2-3,9,15-17H2,1H3,(H,25,26)/t22-/m1/s1. The van der Waals surface area contributed by atoms with E-state index in [1.807, 2.05) is 31.2 Å². The highest BCUT2D eigenvalue weighted by molar-refractivity contribution is 7.90. The number of unbranched alkanes of at least 4 members (excludes halogenated alkanes) is 1. The predicted molar refractivity (Wildman–Crippen MR) is 116 cm³/mol. The number of hydrogen-bond acceptors (Lipinski definition) is 3. The smallest absolute Gasteiger partial charge is 0.323 e. The van der Waals surface area contributed by atoms with Crippen LogP contribution >= 0.6 is 0 Å². The average Bonchev–Trinajstić information content (AvgIpc) is 2.74. The highest BCUT2D eigenvalue weighted by Gasteiger charge is 2.37. The molecule has 154 valence electrons. The number of hydrogen-bond donors (Lipinski definition) is 1. The molecule has 1 atom stereocenters. The van der Waals surface area contributed by atoms with Crippen LogP contribution in [0.25, 0.3) is 16.7 Å². The minimum absolute atomic E-state index is 0.155. The van der Waals surface area contributed by atoms with Gasteiger partial charge in [-0.1, -0.05) is 80.4 Å². The number of carboxylic acids is 1. The number of sulfonamides is 1. The SMILES string of the molecule is CCCC[C@H](C(=O)O)S(=O)(=O)N1CC=C(c2ccc(-c3ccccc3)cc2)CC1. The molecule has 1 heterocycles. The highest BCUT2D eigenvalue weighted by atomic mass is 32.2. The molecule has 0 spiro atoms. The molecule has 29 heavy (non-hydrogen) atoms. The van der Waals surface area contributed by atoms with E-state index in [-0.39, 0.29) is 13.0 Å². The van der Waals surface area contributed by atoms with Gasteiger partial charge >= 0.3 is 5.97 Å². The third kappa shape index (κ3) is 4.95. The van der Waals surface area contributed by atoms with Gasteiger partial charge in [0.05, 0.1) is 0 Å². The summed E-state index contributed by atoms with van der Waals surface area (Å²) in [6.45, 7) is 2.45. The van der Waals surface area contributed by atoms with E-state index in [0.717, 1.165) is 28.7 Å². The number of rotatable bonds is 8. The number of nitrogens with zero attached hydrogens (tertiary/aromatic N) is 1. The van der Waals surface area contributed by atoms with Crippen LogP contribution in [-0.2, 0) is 14.8 Å². The Morgan fingerprint density at radius 2 is 1.66 bits per heavy atom. The second-order valence-corrected chi connectivity index (χ2v) is 9.41. The molecule has 1 aliphatic heterocycles. The summed E-state index contributed by atoms with van der Waals surface area (Å²) in [6, 6.07) is 18.4. The number of aliphatic carboxylic acids is 1. The van der Waals surface area contributed by atoms with Gasteiger partial charge in [-0.2, -0.15) is 4.31 Å². The third-order valence-electron chi connectivity index (χ3n) is 5.35. The maximum atomic E-state index is 12.8. The summed E-state index contributed by atoms with van der Waals surface area (Å²) in [5, 5.41) is 8.04. The van der Waals surface area contributed by atoms with Crippen molar-refractivity contribution in [3.8, 4) is 11.1 Å². The molecular weight excluding hydrogens is 386 g/mol. The van der Waals surface area contributed by atoms with Crippen LogP contribution < -0.4 is 0 Å². The summed E-state index contributed by atoms with van der Waals surface area (Å²) in [7, 11) is -3.85. The lowest BCUT2D eigenvalue weighted by Crippen LogP contribution is -2.44. The maximum Gasteiger partial charge on any atom is 0.323 e. The minimum atomic E-state index is -3.85. The van der Waals surface area contributed by atoms with Crippen molar-refractivity contribution in [3.63, 3.8) is 0 Å². The molecule has 0 radical (unpaired) electrons. The third-order valence-corrected chi connectivity index (χ3v) is 7.56. The molecule has 1 aliphatic rings. The van der Waals surface area contributed by atoms with E-state index in [0.29, 0.717) is 19.4 Å². The van der Waals surface area contributed by atoms with E-state index >= 15 is 0 Å². The zero-order chi connectivity index (χ0) is 20.9. The fourth-order valence-corrected chi connectivity index (χ4v) is 5.33. The van der Waals surface area contributed by atoms with Crippen LogP contribution in [0.5, 0.6) is 0 Å². The first kappa shape index (κ1) is 21.3. The molecule has 0 unspecified atom stereocenters. The topological polar surface area (TPSA) is 74.7 Å². The Hall–Kier alpha value is -2.44. The first-order valence-corrected chi connectivity index (χ1v) is 11.5. The van der Waals surface area contributed by atoms with Crippen molar-refractivity contribution in [1.82, 2.24) is 4.31 Å². The molecule has 6 heteroatoms. The Labute approximate surface area is 172 Å². The van der Waals surface area contributed by atoms with Crippen LogP contribution in [0.4, 0.5) is 0 Å². The summed E-state index contributed by atoms with van der Waals surface area (Å²) in [6.07, 6.45) is 3.98. The molecule has 0 saturated carbocycles. The van der Waals surface area contributed by atoms with E-state index in [1.165, 1.54) is 4.31 Å². The zero-order valence-corrected chi connectivity index (χ0v) is 17.4. The molecule has 0 bridgehead atoms. The quantitative estimate of drug-likeness (QED) is 0.695. The molecule has 0 aliphatic carbocycles. The zero-order valence-electron chi connectivity index (χ0n) is 16.6. The van der Waals surface area contributed by atoms with E-state index in [2.05, 4.69) is 36.4 Å². The van der Waals surface area contributed by atoms with Gasteiger partial charge in [0.15, 0.2) is 5.25 Å². The molecule has 5 nitrogen and oxygen atoms in total. The van der Waals surface area contributed by atoms with E-state index in [4.69, 9.17) is 0 Å². The Morgan fingerprint density at radius 1 is 1.03 bits per heavy atom. The van der Waals surface area contributed by atoms with Crippen LogP contribution in [0.3, 0.4) is 0 Å². The summed E-state index contributed by atoms with van der Waals surface area (Å²) in [4.78, 5) is 11.5. The summed E-state index contributed by atoms with van der Waals surface area (Å²) in [5.41, 5.74) is 4.45. The maximum absolute atomic E-state index is 12.8. The first-order valence-electron chi connectivity index (χ1n) is 10.00. The highest BCUT2D eigenvalue weighted by Crippen LogP contribution is 2.28. The molecule has 2 aromatic carbocycles. The molecule has 0 aromatic heterocycles. The summed E-state index contributed by atoms with van der Waals surface area (Å²) < 4.78 is 26.9. The largest absolute Gasteiger partial charge is 0.480 e. The molecule has 0 fully saturated rings. The van der Waals surface area contributed by atoms with E-state index < -0.39 is 21.2 Å². The Balaban J connectivity index is 1.72. The van der Waals surface area contributed by atoms with Gasteiger partial charge in [-0.25, -0.2) is 8.42 Å². The lowest BCUT2D eigenvalue weighted by Gasteiger charge is -2.28. The Morgan fingerprint density at radius 3 is 2.21 bits per heavy atom. The monoisotopic (exact) mass is 413 g/mol. The van der Waals surface area contributed by atoms with Crippen molar-refractivity contribution in [1.29, 1.82) is 0 Å². The van der Waals surface area contributed by atoms with Gasteiger partial charge in [0.1, 0.15) is 0 Å². The van der Waals surface area contributed by atoms with Gasteiger partial charge in [-0.05, 0) is 35.1 Å². The van der Waals surface area contributed by atoms with Crippen molar-refractivity contribution >= 4 is 21.6 Å². The van der Waals surface area contributed by atoms with Gasteiger partial charge in [0.2, 0.25) is 10.0 Å². The van der Waals surface area contributed by atoms with Crippen LogP contribution in [-0.4, -0.2) is 42.1 Å². The molecule has 0 amide bonds. The van der Waals surface area contributed by atoms with E-state index in [9.17, 15) is 18.3 Å². The van der Waals surface area contributed by atoms with Crippen molar-refractivity contribution in [2.24, 2.45) is 0 Å². The molecule has 2 aromatic rings. The first-order chi connectivity index (χ1) is 13.9. The lowest BCUT2D eigenvalue weighted by atomic mass is 9.97. The van der Waals surface area contributed by atoms with Gasteiger partial charge in [-0.15, -0.1) is 0 Å². The van der Waals surface area contributed by atoms with Gasteiger partial charge in [0.25, 0.3) is 0 Å². The number of benzene rings is 2. The number of carbonyl (C=O) groups is 1. The Kier molecular flexibility index (Phi) is 6.87. The fourth-order valence-electron chi connectivity index (χ4n) is 3.62. The average molecular weight is 414 g/mol. The fraction of sp³-hybridized carbons (Fsp3) is 0.348. The van der Waals surface area contributed by atoms with Gasteiger partial charge in [-0.3, -0.25) is 4.79 Å². The van der Waals surface area contributed by atoms with Crippen molar-refractivity contribution in [3.05, 3.63) is 66.2 Å². The summed E-state index contributed by atoms with van der Waals surface area (Å²) in [5.74, 6) is -1.26. The normalized spacial score (nSPS) is 16.2. The Bertz CT molecular complexity index is 966. The van der Waals surface area contributed by atoms with E-state index in [1.54, 1.807) is 0 Å².